The largest absolute Gasteiger partial charge is 0.345 e. The Morgan fingerprint density at radius 1 is 1.14 bits per heavy atom. The molecule has 36 heavy (non-hydrogen) atoms. The van der Waals surface area contributed by atoms with Gasteiger partial charge in [0, 0.05) is 49.5 Å². The van der Waals surface area contributed by atoms with Crippen molar-refractivity contribution in [3.05, 3.63) is 75.0 Å². The summed E-state index contributed by atoms with van der Waals surface area (Å²) < 4.78 is 2.97. The fraction of sp³-hybridized carbons (Fsp3) is 0.217. The Morgan fingerprint density at radius 3 is 2.75 bits per heavy atom. The van der Waals surface area contributed by atoms with Gasteiger partial charge in [0.2, 0.25) is 5.95 Å². The number of amides is 1. The van der Waals surface area contributed by atoms with Crippen molar-refractivity contribution in [2.75, 3.05) is 31.1 Å². The Labute approximate surface area is 213 Å². The van der Waals surface area contributed by atoms with Gasteiger partial charge in [-0.05, 0) is 31.2 Å². The van der Waals surface area contributed by atoms with Crippen molar-refractivity contribution in [1.82, 2.24) is 39.2 Å². The third-order valence-electron chi connectivity index (χ3n) is 6.18. The number of piperazine rings is 1. The van der Waals surface area contributed by atoms with Gasteiger partial charge in [-0.25, -0.2) is 19.2 Å². The average Bonchev–Trinajstić information content (AvgIpc) is 3.64. The van der Waals surface area contributed by atoms with Gasteiger partial charge >= 0.3 is 0 Å². The van der Waals surface area contributed by atoms with E-state index in [1.165, 1.54) is 15.4 Å². The quantitative estimate of drug-likeness (QED) is 0.361. The van der Waals surface area contributed by atoms with E-state index in [0.717, 1.165) is 16.4 Å². The van der Waals surface area contributed by atoms with E-state index in [4.69, 9.17) is 16.6 Å². The van der Waals surface area contributed by atoms with Crippen LogP contribution in [-0.4, -0.2) is 71.3 Å². The van der Waals surface area contributed by atoms with Crippen LogP contribution in [0.4, 0.5) is 5.13 Å². The van der Waals surface area contributed by atoms with Gasteiger partial charge in [0.25, 0.3) is 11.5 Å². The average molecular weight is 522 g/mol. The van der Waals surface area contributed by atoms with Crippen molar-refractivity contribution < 1.29 is 4.79 Å². The zero-order valence-corrected chi connectivity index (χ0v) is 20.7. The number of thiazole rings is 1. The Morgan fingerprint density at radius 2 is 1.97 bits per heavy atom. The summed E-state index contributed by atoms with van der Waals surface area (Å²) in [6.07, 6.45) is 4.93. The summed E-state index contributed by atoms with van der Waals surface area (Å²) in [6.45, 7) is 4.25. The number of halogens is 1. The minimum Gasteiger partial charge on any atom is -0.345 e. The van der Waals surface area contributed by atoms with Crippen LogP contribution in [0, 0.1) is 6.92 Å². The van der Waals surface area contributed by atoms with Crippen LogP contribution in [0.3, 0.4) is 0 Å². The van der Waals surface area contributed by atoms with Crippen LogP contribution in [0.25, 0.3) is 22.7 Å². The van der Waals surface area contributed by atoms with Crippen LogP contribution in [0.2, 0.25) is 5.15 Å². The molecule has 6 rings (SSSR count). The summed E-state index contributed by atoms with van der Waals surface area (Å²) in [6, 6.07) is 7.07. The summed E-state index contributed by atoms with van der Waals surface area (Å²) in [4.78, 5) is 41.2. The number of hydrogen-bond donors (Lipinski definition) is 1. The first kappa shape index (κ1) is 22.4. The van der Waals surface area contributed by atoms with Gasteiger partial charge in [-0.2, -0.15) is 5.10 Å². The maximum Gasteiger partial charge on any atom is 0.276 e. The molecule has 0 radical (unpaired) electrons. The van der Waals surface area contributed by atoms with Crippen LogP contribution < -0.4 is 10.5 Å². The molecule has 1 amide bonds. The van der Waals surface area contributed by atoms with E-state index in [-0.39, 0.29) is 17.4 Å². The van der Waals surface area contributed by atoms with E-state index in [1.54, 1.807) is 48.9 Å². The molecule has 1 saturated heterocycles. The van der Waals surface area contributed by atoms with Crippen molar-refractivity contribution in [2.45, 2.75) is 6.92 Å². The molecule has 6 heterocycles. The van der Waals surface area contributed by atoms with Gasteiger partial charge < -0.3 is 9.80 Å². The summed E-state index contributed by atoms with van der Waals surface area (Å²) in [7, 11) is 0. The minimum absolute atomic E-state index is 0.102. The topological polar surface area (TPSA) is 117 Å². The van der Waals surface area contributed by atoms with Gasteiger partial charge in [-0.15, -0.1) is 16.4 Å². The molecular weight excluding hydrogens is 502 g/mol. The van der Waals surface area contributed by atoms with Crippen molar-refractivity contribution in [2.24, 2.45) is 0 Å². The number of aromatic amines is 1. The van der Waals surface area contributed by atoms with Crippen LogP contribution in [0.1, 0.15) is 16.1 Å². The van der Waals surface area contributed by atoms with E-state index in [0.29, 0.717) is 48.1 Å². The van der Waals surface area contributed by atoms with Gasteiger partial charge in [-0.3, -0.25) is 14.6 Å². The van der Waals surface area contributed by atoms with Crippen molar-refractivity contribution >= 4 is 39.5 Å². The van der Waals surface area contributed by atoms with E-state index in [1.807, 2.05) is 16.3 Å². The second-order valence-corrected chi connectivity index (χ2v) is 9.56. The zero-order valence-electron chi connectivity index (χ0n) is 19.1. The molecule has 182 valence electrons. The first-order valence-corrected chi connectivity index (χ1v) is 12.5. The van der Waals surface area contributed by atoms with E-state index < -0.39 is 0 Å². The molecule has 0 spiro atoms. The fourth-order valence-corrected chi connectivity index (χ4v) is 5.20. The molecule has 5 aromatic rings. The van der Waals surface area contributed by atoms with Crippen LogP contribution in [-0.2, 0) is 0 Å². The highest BCUT2D eigenvalue weighted by Crippen LogP contribution is 2.28. The lowest BCUT2D eigenvalue weighted by atomic mass is 10.2. The molecule has 0 atom stereocenters. The number of aromatic nitrogens is 7. The lowest BCUT2D eigenvalue weighted by Gasteiger charge is -2.34. The third-order valence-corrected chi connectivity index (χ3v) is 7.31. The standard InChI is InChI=1S/C23H20ClN9O2S/c1-14-16(12-26-33(14)22-28-20(34)18-3-2-6-32(18)29-22)21(35)30-7-9-31(10-8-30)23-27-17(13-36-23)15-4-5-19(24)25-11-15/h2-6,11-13H,7-10H2,1H3,(H,28,29,34). The normalized spacial score (nSPS) is 14.1. The molecule has 11 nitrogen and oxygen atoms in total. The van der Waals surface area contributed by atoms with Crippen LogP contribution in [0.5, 0.6) is 0 Å². The SMILES string of the molecule is Cc1c(C(=O)N2CCN(c3nc(-c4ccc(Cl)nc4)cs3)CC2)cnn1-c1nn2cccc2c(=O)[nH]1. The maximum atomic E-state index is 13.3. The van der Waals surface area contributed by atoms with Crippen molar-refractivity contribution in [3.63, 3.8) is 0 Å². The molecule has 1 N–H and O–H groups in total. The number of hydrogen-bond acceptors (Lipinski definition) is 8. The molecule has 0 unspecified atom stereocenters. The number of nitrogens with one attached hydrogen (secondary N) is 1. The highest BCUT2D eigenvalue weighted by molar-refractivity contribution is 7.14. The number of pyridine rings is 1. The van der Waals surface area contributed by atoms with Gasteiger partial charge in [-0.1, -0.05) is 11.6 Å². The molecule has 13 heteroatoms. The van der Waals surface area contributed by atoms with Crippen LogP contribution >= 0.6 is 22.9 Å². The Hall–Kier alpha value is -4.03. The fourth-order valence-electron chi connectivity index (χ4n) is 4.20. The highest BCUT2D eigenvalue weighted by Gasteiger charge is 2.27. The second-order valence-electron chi connectivity index (χ2n) is 8.34. The summed E-state index contributed by atoms with van der Waals surface area (Å²) in [5, 5.41) is 12.1. The summed E-state index contributed by atoms with van der Waals surface area (Å²) in [5.41, 5.74) is 3.01. The number of nitrogens with zero attached hydrogens (tertiary/aromatic N) is 8. The second kappa shape index (κ2) is 8.88. The van der Waals surface area contributed by atoms with Crippen molar-refractivity contribution in [3.8, 4) is 17.2 Å². The molecule has 0 bridgehead atoms. The first-order valence-electron chi connectivity index (χ1n) is 11.2. The molecule has 5 aromatic heterocycles. The Balaban J connectivity index is 1.15. The molecule has 0 aromatic carbocycles. The van der Waals surface area contributed by atoms with E-state index in [9.17, 15) is 9.59 Å². The third kappa shape index (κ3) is 3.93. The number of fused-ring (bicyclic) bond motifs is 1. The molecule has 1 fully saturated rings. The predicted molar refractivity (Wildman–Crippen MR) is 136 cm³/mol. The number of carbonyl (C=O) groups excluding carboxylic acids is 1. The maximum absolute atomic E-state index is 13.3. The molecule has 1 aliphatic heterocycles. The molecule has 0 aliphatic carbocycles. The van der Waals surface area contributed by atoms with Crippen LogP contribution in [0.15, 0.2) is 53.0 Å². The first-order chi connectivity index (χ1) is 17.5. The molecule has 0 saturated carbocycles. The zero-order chi connectivity index (χ0) is 24.8. The van der Waals surface area contributed by atoms with Gasteiger partial charge in [0.15, 0.2) is 5.13 Å². The number of carbonyl (C=O) groups is 1. The Kier molecular flexibility index (Phi) is 5.53. The predicted octanol–water partition coefficient (Wildman–Crippen LogP) is 2.65. The molecule has 1 aliphatic rings. The molecular formula is C23H20ClN9O2S. The summed E-state index contributed by atoms with van der Waals surface area (Å²) in [5.74, 6) is 0.149. The lowest BCUT2D eigenvalue weighted by Crippen LogP contribution is -2.48. The minimum atomic E-state index is -0.276. The number of H-pyrrole nitrogens is 1. The smallest absolute Gasteiger partial charge is 0.276 e. The van der Waals surface area contributed by atoms with Crippen molar-refractivity contribution in [1.29, 1.82) is 0 Å². The lowest BCUT2D eigenvalue weighted by molar-refractivity contribution is 0.0746. The van der Waals surface area contributed by atoms with E-state index >= 15 is 0 Å². The summed E-state index contributed by atoms with van der Waals surface area (Å²) >= 11 is 7.45. The Bertz CT molecular complexity index is 1630. The number of anilines is 1. The van der Waals surface area contributed by atoms with Gasteiger partial charge in [0.05, 0.1) is 23.1 Å². The van der Waals surface area contributed by atoms with Gasteiger partial charge in [0.1, 0.15) is 10.7 Å². The van der Waals surface area contributed by atoms with E-state index in [2.05, 4.69) is 25.1 Å². The highest BCUT2D eigenvalue weighted by atomic mass is 35.5. The number of rotatable bonds is 4. The monoisotopic (exact) mass is 521 g/mol.